The highest BCUT2D eigenvalue weighted by Gasteiger charge is 2.11. The van der Waals surface area contributed by atoms with E-state index < -0.39 is 0 Å². The summed E-state index contributed by atoms with van der Waals surface area (Å²) in [5.74, 6) is -0.646. The lowest BCUT2D eigenvalue weighted by molar-refractivity contribution is 0.0526. The molecule has 2 rings (SSSR count). The van der Waals surface area contributed by atoms with E-state index >= 15 is 0 Å². The first-order valence-corrected chi connectivity index (χ1v) is 8.42. The second-order valence-electron chi connectivity index (χ2n) is 5.62. The third-order valence-corrected chi connectivity index (χ3v) is 3.93. The summed E-state index contributed by atoms with van der Waals surface area (Å²) in [5.41, 5.74) is 3.06. The Hall–Kier alpha value is -2.47. The van der Waals surface area contributed by atoms with Crippen LogP contribution in [0.4, 0.5) is 10.1 Å². The highest BCUT2D eigenvalue weighted by Crippen LogP contribution is 2.19. The quantitative estimate of drug-likeness (QED) is 0.613. The van der Waals surface area contributed by atoms with Gasteiger partial charge in [-0.05, 0) is 68.4 Å². The summed E-state index contributed by atoms with van der Waals surface area (Å²) in [7, 11) is 0. The summed E-state index contributed by atoms with van der Waals surface area (Å²) >= 11 is 5.35. The third-order valence-electron chi connectivity index (χ3n) is 3.71. The topological polar surface area (TPSA) is 50.4 Å². The molecule has 1 atom stereocenters. The van der Waals surface area contributed by atoms with Gasteiger partial charge in [-0.15, -0.1) is 0 Å². The SMILES string of the molecule is CCOC(=O)c1ccc(C)c(NC(=S)N[C@@H](C)c2ccc(F)cc2)c1. The molecule has 0 saturated carbocycles. The molecule has 2 aromatic carbocycles. The first kappa shape index (κ1) is 18.9. The van der Waals surface area contributed by atoms with E-state index in [0.29, 0.717) is 17.3 Å². The van der Waals surface area contributed by atoms with Crippen LogP contribution in [-0.2, 0) is 4.74 Å². The van der Waals surface area contributed by atoms with Crippen LogP contribution in [0.1, 0.15) is 41.4 Å². The van der Waals surface area contributed by atoms with Gasteiger partial charge in [0.05, 0.1) is 18.2 Å². The summed E-state index contributed by atoms with van der Waals surface area (Å²) in [4.78, 5) is 11.9. The summed E-state index contributed by atoms with van der Waals surface area (Å²) < 4.78 is 18.0. The van der Waals surface area contributed by atoms with Crippen LogP contribution in [-0.4, -0.2) is 17.7 Å². The van der Waals surface area contributed by atoms with Gasteiger partial charge in [0.25, 0.3) is 0 Å². The number of rotatable bonds is 5. The smallest absolute Gasteiger partial charge is 0.338 e. The minimum absolute atomic E-state index is 0.0888. The lowest BCUT2D eigenvalue weighted by atomic mass is 10.1. The Morgan fingerprint density at radius 2 is 1.92 bits per heavy atom. The van der Waals surface area contributed by atoms with Crippen molar-refractivity contribution in [1.82, 2.24) is 5.32 Å². The van der Waals surface area contributed by atoms with Crippen molar-refractivity contribution in [2.75, 3.05) is 11.9 Å². The molecule has 4 nitrogen and oxygen atoms in total. The van der Waals surface area contributed by atoms with Gasteiger partial charge < -0.3 is 15.4 Å². The van der Waals surface area contributed by atoms with Gasteiger partial charge in [-0.3, -0.25) is 0 Å². The monoisotopic (exact) mass is 360 g/mol. The average Bonchev–Trinajstić information content (AvgIpc) is 2.57. The van der Waals surface area contributed by atoms with Crippen molar-refractivity contribution in [1.29, 1.82) is 0 Å². The summed E-state index contributed by atoms with van der Waals surface area (Å²) in [6, 6.07) is 11.4. The molecule has 0 fully saturated rings. The highest BCUT2D eigenvalue weighted by atomic mass is 32.1. The number of halogens is 1. The number of thiocarbonyl (C=S) groups is 1. The van der Waals surface area contributed by atoms with E-state index in [2.05, 4.69) is 10.6 Å². The van der Waals surface area contributed by atoms with Crippen LogP contribution < -0.4 is 10.6 Å². The van der Waals surface area contributed by atoms with Gasteiger partial charge in [-0.1, -0.05) is 18.2 Å². The Balaban J connectivity index is 2.05. The zero-order chi connectivity index (χ0) is 18.4. The Bertz CT molecular complexity index is 763. The maximum absolute atomic E-state index is 13.0. The number of hydrogen-bond donors (Lipinski definition) is 2. The molecule has 6 heteroatoms. The maximum atomic E-state index is 13.0. The first-order valence-electron chi connectivity index (χ1n) is 8.01. The second kappa shape index (κ2) is 8.58. The largest absolute Gasteiger partial charge is 0.462 e. The zero-order valence-corrected chi connectivity index (χ0v) is 15.2. The van der Waals surface area contributed by atoms with E-state index in [-0.39, 0.29) is 17.8 Å². The lowest BCUT2D eigenvalue weighted by Crippen LogP contribution is -2.31. The fraction of sp³-hybridized carbons (Fsp3) is 0.263. The van der Waals surface area contributed by atoms with E-state index in [4.69, 9.17) is 17.0 Å². The van der Waals surface area contributed by atoms with Gasteiger partial charge in [-0.2, -0.15) is 0 Å². The van der Waals surface area contributed by atoms with Crippen LogP contribution in [0.15, 0.2) is 42.5 Å². The van der Waals surface area contributed by atoms with E-state index in [9.17, 15) is 9.18 Å². The number of esters is 1. The van der Waals surface area contributed by atoms with Gasteiger partial charge in [-0.25, -0.2) is 9.18 Å². The van der Waals surface area contributed by atoms with Crippen molar-refractivity contribution >= 4 is 29.0 Å². The molecule has 0 unspecified atom stereocenters. The number of carbonyl (C=O) groups is 1. The molecule has 2 aromatic rings. The van der Waals surface area contributed by atoms with Gasteiger partial charge in [0.2, 0.25) is 0 Å². The van der Waals surface area contributed by atoms with Crippen LogP contribution in [0.5, 0.6) is 0 Å². The van der Waals surface area contributed by atoms with Crippen molar-refractivity contribution < 1.29 is 13.9 Å². The molecule has 0 aromatic heterocycles. The number of carbonyl (C=O) groups excluding carboxylic acids is 1. The number of benzene rings is 2. The van der Waals surface area contributed by atoms with E-state index in [1.165, 1.54) is 12.1 Å². The van der Waals surface area contributed by atoms with Gasteiger partial charge in [0.15, 0.2) is 5.11 Å². The van der Waals surface area contributed by atoms with Crippen molar-refractivity contribution in [2.45, 2.75) is 26.8 Å². The third kappa shape index (κ3) is 5.26. The molecule has 0 aliphatic carbocycles. The molecule has 0 amide bonds. The van der Waals surface area contributed by atoms with Crippen LogP contribution in [0.2, 0.25) is 0 Å². The van der Waals surface area contributed by atoms with E-state index in [1.807, 2.05) is 19.9 Å². The predicted octanol–water partition coefficient (Wildman–Crippen LogP) is 4.36. The number of anilines is 1. The van der Waals surface area contributed by atoms with Crippen molar-refractivity contribution in [3.05, 3.63) is 65.0 Å². The maximum Gasteiger partial charge on any atom is 0.338 e. The van der Waals surface area contributed by atoms with Crippen LogP contribution in [0.3, 0.4) is 0 Å². The normalized spacial score (nSPS) is 11.5. The highest BCUT2D eigenvalue weighted by molar-refractivity contribution is 7.80. The molecule has 0 radical (unpaired) electrons. The van der Waals surface area contributed by atoms with Gasteiger partial charge in [0.1, 0.15) is 5.82 Å². The minimum Gasteiger partial charge on any atom is -0.462 e. The molecular weight excluding hydrogens is 339 g/mol. The molecule has 0 aliphatic heterocycles. The summed E-state index contributed by atoms with van der Waals surface area (Å²) in [6.07, 6.45) is 0. The second-order valence-corrected chi connectivity index (χ2v) is 6.03. The fourth-order valence-corrected chi connectivity index (χ4v) is 2.57. The standard InChI is InChI=1S/C19H21FN2O2S/c1-4-24-18(23)15-6-5-12(2)17(11-15)22-19(25)21-13(3)14-7-9-16(20)10-8-14/h5-11,13H,4H2,1-3H3,(H2,21,22,25)/t13-/m0/s1. The van der Waals surface area contributed by atoms with Crippen molar-refractivity contribution in [2.24, 2.45) is 0 Å². The molecule has 132 valence electrons. The molecule has 0 bridgehead atoms. The van der Waals surface area contributed by atoms with Gasteiger partial charge >= 0.3 is 5.97 Å². The predicted molar refractivity (Wildman–Crippen MR) is 101 cm³/mol. The van der Waals surface area contributed by atoms with Crippen LogP contribution >= 0.6 is 12.2 Å². The minimum atomic E-state index is -0.371. The lowest BCUT2D eigenvalue weighted by Gasteiger charge is -2.18. The fourth-order valence-electron chi connectivity index (χ4n) is 2.29. The molecule has 0 spiro atoms. The van der Waals surface area contributed by atoms with E-state index in [0.717, 1.165) is 16.8 Å². The van der Waals surface area contributed by atoms with Crippen molar-refractivity contribution in [3.8, 4) is 0 Å². The Morgan fingerprint density at radius 1 is 1.24 bits per heavy atom. The Morgan fingerprint density at radius 3 is 2.56 bits per heavy atom. The van der Waals surface area contributed by atoms with Crippen LogP contribution in [0.25, 0.3) is 0 Å². The Labute approximate surface area is 152 Å². The van der Waals surface area contributed by atoms with Crippen molar-refractivity contribution in [3.63, 3.8) is 0 Å². The molecule has 2 N–H and O–H groups in total. The van der Waals surface area contributed by atoms with Gasteiger partial charge in [0, 0.05) is 5.69 Å². The van der Waals surface area contributed by atoms with E-state index in [1.54, 1.807) is 31.2 Å². The number of aryl methyl sites for hydroxylation is 1. The molecule has 0 saturated heterocycles. The number of ether oxygens (including phenoxy) is 1. The van der Waals surface area contributed by atoms with Crippen LogP contribution in [0, 0.1) is 12.7 Å². The summed E-state index contributed by atoms with van der Waals surface area (Å²) in [5, 5.41) is 6.66. The first-order chi connectivity index (χ1) is 11.9. The summed E-state index contributed by atoms with van der Waals surface area (Å²) in [6.45, 7) is 5.94. The number of hydrogen-bond acceptors (Lipinski definition) is 3. The molecule has 25 heavy (non-hydrogen) atoms. The zero-order valence-electron chi connectivity index (χ0n) is 14.4. The Kier molecular flexibility index (Phi) is 6.47. The molecule has 0 heterocycles. The molecular formula is C19H21FN2O2S. The number of nitrogens with one attached hydrogen (secondary N) is 2. The average molecular weight is 360 g/mol. The molecule has 0 aliphatic rings.